The molecule has 2 aromatic rings. The number of H-pyrrole nitrogens is 1. The number of hydrogen-bond donors (Lipinski definition) is 3. The van der Waals surface area contributed by atoms with Crippen LogP contribution < -0.4 is 5.32 Å². The summed E-state index contributed by atoms with van der Waals surface area (Å²) in [6, 6.07) is 4.73. The molecule has 0 radical (unpaired) electrons. The number of rotatable bonds is 3. The Morgan fingerprint density at radius 1 is 1.31 bits per heavy atom. The van der Waals surface area contributed by atoms with E-state index < -0.39 is 18.4 Å². The van der Waals surface area contributed by atoms with E-state index in [9.17, 15) is 9.59 Å². The fourth-order valence-electron chi connectivity index (χ4n) is 1.24. The van der Waals surface area contributed by atoms with Crippen molar-refractivity contribution in [3.63, 3.8) is 0 Å². The number of amides is 1. The number of carboxylic acids is 1. The van der Waals surface area contributed by atoms with Crippen LogP contribution in [0.15, 0.2) is 18.2 Å². The minimum absolute atomic E-state index is 0.350. The molecule has 7 nitrogen and oxygen atoms in total. The van der Waals surface area contributed by atoms with Crippen LogP contribution in [0.3, 0.4) is 0 Å². The lowest BCUT2D eigenvalue weighted by molar-refractivity contribution is -0.135. The fraction of sp³-hybridized carbons (Fsp3) is 0.111. The lowest BCUT2D eigenvalue weighted by atomic mass is 10.2. The van der Waals surface area contributed by atoms with Crippen molar-refractivity contribution in [1.82, 2.24) is 20.7 Å². The van der Waals surface area contributed by atoms with Crippen LogP contribution in [0.4, 0.5) is 0 Å². The first-order valence-electron chi connectivity index (χ1n) is 4.47. The first kappa shape index (κ1) is 10.1. The van der Waals surface area contributed by atoms with Gasteiger partial charge in [0.2, 0.25) is 0 Å². The van der Waals surface area contributed by atoms with Gasteiger partial charge in [0.1, 0.15) is 17.6 Å². The lowest BCUT2D eigenvalue weighted by Gasteiger charge is -2.01. The number of fused-ring (bicyclic) bond motifs is 1. The SMILES string of the molecule is O=C(O)CNC(=O)c1ccc2n[nH]nc2c1. The molecule has 1 heterocycles. The predicted molar refractivity (Wildman–Crippen MR) is 53.9 cm³/mol. The predicted octanol–water partition coefficient (Wildman–Crippen LogP) is -0.228. The van der Waals surface area contributed by atoms with Crippen molar-refractivity contribution in [2.75, 3.05) is 6.54 Å². The van der Waals surface area contributed by atoms with Crippen LogP contribution >= 0.6 is 0 Å². The summed E-state index contributed by atoms with van der Waals surface area (Å²) in [4.78, 5) is 21.7. The molecule has 1 aromatic carbocycles. The molecule has 1 aromatic heterocycles. The summed E-state index contributed by atoms with van der Waals surface area (Å²) in [5.74, 6) is -1.54. The van der Waals surface area contributed by atoms with E-state index in [1.165, 1.54) is 6.07 Å². The topological polar surface area (TPSA) is 108 Å². The van der Waals surface area contributed by atoms with Crippen LogP contribution in [0.1, 0.15) is 10.4 Å². The Balaban J connectivity index is 2.19. The number of aromatic nitrogens is 3. The molecule has 0 aliphatic rings. The summed E-state index contributed by atoms with van der Waals surface area (Å²) >= 11 is 0. The maximum Gasteiger partial charge on any atom is 0.322 e. The molecule has 0 saturated heterocycles. The molecule has 82 valence electrons. The third-order valence-electron chi connectivity index (χ3n) is 1.98. The molecular formula is C9H8N4O3. The Labute approximate surface area is 89.5 Å². The lowest BCUT2D eigenvalue weighted by Crippen LogP contribution is -2.29. The Morgan fingerprint density at radius 2 is 2.06 bits per heavy atom. The normalized spacial score (nSPS) is 10.2. The third-order valence-corrected chi connectivity index (χ3v) is 1.98. The van der Waals surface area contributed by atoms with Crippen molar-refractivity contribution in [2.45, 2.75) is 0 Å². The number of hydrogen-bond acceptors (Lipinski definition) is 4. The van der Waals surface area contributed by atoms with Gasteiger partial charge in [0.05, 0.1) is 0 Å². The van der Waals surface area contributed by atoms with E-state index in [0.717, 1.165) is 0 Å². The minimum Gasteiger partial charge on any atom is -0.480 e. The second-order valence-corrected chi connectivity index (χ2v) is 3.10. The van der Waals surface area contributed by atoms with Crippen molar-refractivity contribution in [3.8, 4) is 0 Å². The average molecular weight is 220 g/mol. The van der Waals surface area contributed by atoms with Crippen molar-refractivity contribution in [1.29, 1.82) is 0 Å². The molecule has 0 bridgehead atoms. The number of nitrogens with zero attached hydrogens (tertiary/aromatic N) is 2. The third kappa shape index (κ3) is 1.97. The van der Waals surface area contributed by atoms with Crippen molar-refractivity contribution < 1.29 is 14.7 Å². The van der Waals surface area contributed by atoms with Crippen molar-refractivity contribution >= 4 is 22.9 Å². The molecule has 0 atom stereocenters. The fourth-order valence-corrected chi connectivity index (χ4v) is 1.24. The van der Waals surface area contributed by atoms with E-state index in [-0.39, 0.29) is 0 Å². The molecule has 0 fully saturated rings. The van der Waals surface area contributed by atoms with Gasteiger partial charge in [-0.15, -0.1) is 0 Å². The molecule has 0 spiro atoms. The average Bonchev–Trinajstić information content (AvgIpc) is 2.72. The molecule has 2 rings (SSSR count). The van der Waals surface area contributed by atoms with Crippen LogP contribution in [-0.2, 0) is 4.79 Å². The van der Waals surface area contributed by atoms with E-state index >= 15 is 0 Å². The van der Waals surface area contributed by atoms with Crippen LogP contribution in [0, 0.1) is 0 Å². The zero-order valence-corrected chi connectivity index (χ0v) is 8.10. The molecule has 16 heavy (non-hydrogen) atoms. The van der Waals surface area contributed by atoms with Crippen molar-refractivity contribution in [2.24, 2.45) is 0 Å². The molecule has 0 aliphatic heterocycles. The molecular weight excluding hydrogens is 212 g/mol. The molecule has 1 amide bonds. The second kappa shape index (κ2) is 3.97. The maximum absolute atomic E-state index is 11.5. The van der Waals surface area contributed by atoms with E-state index in [2.05, 4.69) is 20.7 Å². The second-order valence-electron chi connectivity index (χ2n) is 3.10. The van der Waals surface area contributed by atoms with Crippen LogP contribution in [-0.4, -0.2) is 38.9 Å². The van der Waals surface area contributed by atoms with Gasteiger partial charge in [0.15, 0.2) is 0 Å². The molecule has 7 heteroatoms. The molecule has 0 saturated carbocycles. The highest BCUT2D eigenvalue weighted by molar-refractivity contribution is 5.98. The Bertz CT molecular complexity index is 548. The van der Waals surface area contributed by atoms with Crippen LogP contribution in [0.25, 0.3) is 11.0 Å². The highest BCUT2D eigenvalue weighted by Gasteiger charge is 2.08. The quantitative estimate of drug-likeness (QED) is 0.662. The maximum atomic E-state index is 11.5. The van der Waals surface area contributed by atoms with Gasteiger partial charge in [-0.3, -0.25) is 9.59 Å². The zero-order valence-electron chi connectivity index (χ0n) is 8.10. The first-order chi connectivity index (χ1) is 7.66. The van der Waals surface area contributed by atoms with E-state index in [1.807, 2.05) is 0 Å². The van der Waals surface area contributed by atoms with Gasteiger partial charge >= 0.3 is 5.97 Å². The van der Waals surface area contributed by atoms with Crippen LogP contribution in [0.5, 0.6) is 0 Å². The molecule has 0 aliphatic carbocycles. The number of aromatic amines is 1. The number of carbonyl (C=O) groups excluding carboxylic acids is 1. The zero-order chi connectivity index (χ0) is 11.5. The monoisotopic (exact) mass is 220 g/mol. The minimum atomic E-state index is -1.09. The molecule has 0 unspecified atom stereocenters. The number of nitrogens with one attached hydrogen (secondary N) is 2. The van der Waals surface area contributed by atoms with Gasteiger partial charge in [0.25, 0.3) is 5.91 Å². The summed E-state index contributed by atoms with van der Waals surface area (Å²) in [5, 5.41) is 20.7. The Morgan fingerprint density at radius 3 is 2.81 bits per heavy atom. The van der Waals surface area contributed by atoms with Gasteiger partial charge in [0, 0.05) is 5.56 Å². The number of carboxylic acid groups (broad SMARTS) is 1. The summed E-state index contributed by atoms with van der Waals surface area (Å²) in [7, 11) is 0. The number of aliphatic carboxylic acids is 1. The number of carbonyl (C=O) groups is 2. The van der Waals surface area contributed by atoms with Crippen LogP contribution in [0.2, 0.25) is 0 Å². The van der Waals surface area contributed by atoms with Gasteiger partial charge in [-0.2, -0.15) is 15.4 Å². The first-order valence-corrected chi connectivity index (χ1v) is 4.47. The summed E-state index contributed by atoms with van der Waals surface area (Å²) in [5.41, 5.74) is 1.56. The highest BCUT2D eigenvalue weighted by atomic mass is 16.4. The van der Waals surface area contributed by atoms with E-state index in [4.69, 9.17) is 5.11 Å². The van der Waals surface area contributed by atoms with Gasteiger partial charge < -0.3 is 10.4 Å². The largest absolute Gasteiger partial charge is 0.480 e. The summed E-state index contributed by atoms with van der Waals surface area (Å²) in [6.45, 7) is -0.407. The smallest absolute Gasteiger partial charge is 0.322 e. The molecule has 3 N–H and O–H groups in total. The van der Waals surface area contributed by atoms with Gasteiger partial charge in [-0.05, 0) is 18.2 Å². The van der Waals surface area contributed by atoms with Gasteiger partial charge in [-0.1, -0.05) is 0 Å². The van der Waals surface area contributed by atoms with Crippen molar-refractivity contribution in [3.05, 3.63) is 23.8 Å². The Hall–Kier alpha value is -2.44. The van der Waals surface area contributed by atoms with Gasteiger partial charge in [-0.25, -0.2) is 0 Å². The highest BCUT2D eigenvalue weighted by Crippen LogP contribution is 2.10. The standard InChI is InChI=1S/C9H8N4O3/c14-8(15)4-10-9(16)5-1-2-6-7(3-5)12-13-11-6/h1-3H,4H2,(H,10,16)(H,14,15)(H,11,12,13). The Kier molecular flexibility index (Phi) is 2.50. The van der Waals surface area contributed by atoms with E-state index in [1.54, 1.807) is 12.1 Å². The summed E-state index contributed by atoms with van der Waals surface area (Å²) in [6.07, 6.45) is 0. The number of benzene rings is 1. The summed E-state index contributed by atoms with van der Waals surface area (Å²) < 4.78 is 0. The van der Waals surface area contributed by atoms with E-state index in [0.29, 0.717) is 16.6 Å².